The van der Waals surface area contributed by atoms with E-state index in [2.05, 4.69) is 31.2 Å². The number of aromatic nitrogens is 2. The summed E-state index contributed by atoms with van der Waals surface area (Å²) >= 11 is 0. The van der Waals surface area contributed by atoms with Crippen LogP contribution in [0.3, 0.4) is 0 Å². The minimum Gasteiger partial charge on any atom is -0.356 e. The monoisotopic (exact) mass is 427 g/mol. The second kappa shape index (κ2) is 9.75. The number of fused-ring (bicyclic) bond motifs is 1. The molecule has 3 aromatic rings. The van der Waals surface area contributed by atoms with Gasteiger partial charge < -0.3 is 15.2 Å². The van der Waals surface area contributed by atoms with Gasteiger partial charge in [-0.3, -0.25) is 4.99 Å². The summed E-state index contributed by atoms with van der Waals surface area (Å²) in [7, 11) is -1.27. The molecule has 0 aliphatic carbocycles. The number of aliphatic imine (C=N–C) groups is 1. The van der Waals surface area contributed by atoms with Crippen LogP contribution < -0.4 is 10.6 Å². The fourth-order valence-electron chi connectivity index (χ4n) is 3.38. The highest BCUT2D eigenvalue weighted by Gasteiger charge is 2.07. The summed E-state index contributed by atoms with van der Waals surface area (Å²) in [6.07, 6.45) is 2.19. The van der Waals surface area contributed by atoms with Crippen LogP contribution in [0, 0.1) is 6.92 Å². The van der Waals surface area contributed by atoms with Gasteiger partial charge in [-0.25, -0.2) is 13.4 Å². The fourth-order valence-corrected chi connectivity index (χ4v) is 4.18. The Morgan fingerprint density at radius 1 is 1.07 bits per heavy atom. The Bertz CT molecular complexity index is 1120. The average molecular weight is 428 g/mol. The van der Waals surface area contributed by atoms with Crippen LogP contribution in [0.25, 0.3) is 11.0 Å². The molecule has 0 saturated carbocycles. The molecule has 30 heavy (non-hydrogen) atoms. The Kier molecular flexibility index (Phi) is 7.10. The van der Waals surface area contributed by atoms with Crippen molar-refractivity contribution in [2.24, 2.45) is 4.99 Å². The molecule has 1 aromatic heterocycles. The molecule has 0 atom stereocenters. The van der Waals surface area contributed by atoms with Crippen molar-refractivity contribution in [2.45, 2.75) is 32.2 Å². The largest absolute Gasteiger partial charge is 0.356 e. The van der Waals surface area contributed by atoms with Crippen molar-refractivity contribution in [2.75, 3.05) is 19.8 Å². The first-order valence-corrected chi connectivity index (χ1v) is 12.0. The van der Waals surface area contributed by atoms with Gasteiger partial charge in [-0.1, -0.05) is 36.4 Å². The normalized spacial score (nSPS) is 12.3. The van der Waals surface area contributed by atoms with E-state index in [0.29, 0.717) is 6.54 Å². The highest BCUT2D eigenvalue weighted by Crippen LogP contribution is 2.15. The minimum absolute atomic E-state index is 0.0651. The number of aryl methyl sites for hydroxylation is 2. The summed E-state index contributed by atoms with van der Waals surface area (Å²) in [4.78, 5) is 8.87. The molecule has 0 unspecified atom stereocenters. The zero-order valence-corrected chi connectivity index (χ0v) is 18.5. The molecule has 0 saturated heterocycles. The summed E-state index contributed by atoms with van der Waals surface area (Å²) in [6.45, 7) is 4.33. The molecule has 0 radical (unpaired) electrons. The summed E-state index contributed by atoms with van der Waals surface area (Å²) in [5.41, 5.74) is 4.06. The first-order chi connectivity index (χ1) is 14.4. The van der Waals surface area contributed by atoms with Gasteiger partial charge in [-0.2, -0.15) is 0 Å². The molecule has 3 rings (SSSR count). The Balaban J connectivity index is 1.45. The lowest BCUT2D eigenvalue weighted by Gasteiger charge is -2.13. The summed E-state index contributed by atoms with van der Waals surface area (Å²) < 4.78 is 25.0. The molecule has 0 bridgehead atoms. The zero-order chi connectivity index (χ0) is 21.6. The van der Waals surface area contributed by atoms with Crippen LogP contribution in [0.2, 0.25) is 0 Å². The third-order valence-electron chi connectivity index (χ3n) is 4.83. The van der Waals surface area contributed by atoms with E-state index in [4.69, 9.17) is 0 Å². The molecular formula is C22H29N5O2S. The van der Waals surface area contributed by atoms with Gasteiger partial charge >= 0.3 is 0 Å². The van der Waals surface area contributed by atoms with Gasteiger partial charge in [0.15, 0.2) is 15.8 Å². The van der Waals surface area contributed by atoms with Crippen molar-refractivity contribution >= 4 is 26.8 Å². The van der Waals surface area contributed by atoms with E-state index in [9.17, 15) is 8.42 Å². The molecule has 8 heteroatoms. The quantitative estimate of drug-likeness (QED) is 0.328. The predicted octanol–water partition coefficient (Wildman–Crippen LogP) is 2.64. The molecule has 7 nitrogen and oxygen atoms in total. The average Bonchev–Trinajstić information content (AvgIpc) is 3.02. The summed E-state index contributed by atoms with van der Waals surface area (Å²) in [5, 5.41) is 6.63. The molecule has 0 spiro atoms. The van der Waals surface area contributed by atoms with Crippen LogP contribution in [0.1, 0.15) is 23.4 Å². The van der Waals surface area contributed by atoms with E-state index in [-0.39, 0.29) is 5.75 Å². The van der Waals surface area contributed by atoms with Crippen LogP contribution in [-0.4, -0.2) is 43.8 Å². The smallest absolute Gasteiger partial charge is 0.191 e. The molecule has 0 fully saturated rings. The van der Waals surface area contributed by atoms with Crippen LogP contribution >= 0.6 is 0 Å². The molecule has 2 N–H and O–H groups in total. The third kappa shape index (κ3) is 6.06. The number of guanidine groups is 1. The maximum absolute atomic E-state index is 11.4. The van der Waals surface area contributed by atoms with Crippen molar-refractivity contribution in [1.29, 1.82) is 0 Å². The minimum atomic E-state index is -3.01. The molecule has 0 aliphatic rings. The van der Waals surface area contributed by atoms with Gasteiger partial charge in [0.1, 0.15) is 5.82 Å². The molecule has 0 aliphatic heterocycles. The third-order valence-corrected chi connectivity index (χ3v) is 5.69. The van der Waals surface area contributed by atoms with Crippen LogP contribution in [-0.2, 0) is 28.7 Å². The van der Waals surface area contributed by atoms with Crippen LogP contribution in [0.4, 0.5) is 0 Å². The molecular weight excluding hydrogens is 398 g/mol. The lowest BCUT2D eigenvalue weighted by Crippen LogP contribution is -2.37. The van der Waals surface area contributed by atoms with Gasteiger partial charge in [-0.15, -0.1) is 0 Å². The highest BCUT2D eigenvalue weighted by molar-refractivity contribution is 7.89. The van der Waals surface area contributed by atoms with E-state index in [1.54, 1.807) is 7.05 Å². The van der Waals surface area contributed by atoms with E-state index in [1.165, 1.54) is 6.26 Å². The number of imidazole rings is 1. The number of hydrogen-bond donors (Lipinski definition) is 2. The van der Waals surface area contributed by atoms with E-state index >= 15 is 0 Å². The molecule has 160 valence electrons. The van der Waals surface area contributed by atoms with E-state index < -0.39 is 9.84 Å². The van der Waals surface area contributed by atoms with Crippen molar-refractivity contribution in [3.05, 3.63) is 65.5 Å². The lowest BCUT2D eigenvalue weighted by molar-refractivity contribution is 0.601. The number of rotatable bonds is 8. The molecule has 2 aromatic carbocycles. The highest BCUT2D eigenvalue weighted by atomic mass is 32.2. The first-order valence-electron chi connectivity index (χ1n) is 9.97. The van der Waals surface area contributed by atoms with Gasteiger partial charge in [-0.05, 0) is 36.6 Å². The topological polar surface area (TPSA) is 88.4 Å². The molecule has 0 amide bonds. The second-order valence-corrected chi connectivity index (χ2v) is 9.53. The summed E-state index contributed by atoms with van der Waals surface area (Å²) in [5.74, 6) is 1.83. The van der Waals surface area contributed by atoms with Gasteiger partial charge in [0.05, 0.1) is 16.8 Å². The van der Waals surface area contributed by atoms with E-state index in [1.807, 2.05) is 49.4 Å². The van der Waals surface area contributed by atoms with E-state index in [0.717, 1.165) is 53.5 Å². The van der Waals surface area contributed by atoms with Crippen LogP contribution in [0.5, 0.6) is 0 Å². The number of nitrogens with one attached hydrogen (secondary N) is 2. The van der Waals surface area contributed by atoms with Crippen molar-refractivity contribution in [1.82, 2.24) is 20.2 Å². The van der Waals surface area contributed by atoms with Crippen molar-refractivity contribution < 1.29 is 8.42 Å². The van der Waals surface area contributed by atoms with Crippen LogP contribution in [0.15, 0.2) is 53.5 Å². The number of sulfone groups is 1. The fraction of sp³-hybridized carbons (Fsp3) is 0.364. The Morgan fingerprint density at radius 2 is 1.77 bits per heavy atom. The Morgan fingerprint density at radius 3 is 2.47 bits per heavy atom. The lowest BCUT2D eigenvalue weighted by atomic mass is 10.1. The number of benzene rings is 2. The SMILES string of the molecule is CN=C(NCCCn1c(C)nc2ccccc21)NCc1ccc(CS(C)(=O)=O)cc1. The predicted molar refractivity (Wildman–Crippen MR) is 122 cm³/mol. The van der Waals surface area contributed by atoms with Crippen molar-refractivity contribution in [3.8, 4) is 0 Å². The second-order valence-electron chi connectivity index (χ2n) is 7.39. The van der Waals surface area contributed by atoms with Gasteiger partial charge in [0.25, 0.3) is 0 Å². The van der Waals surface area contributed by atoms with Gasteiger partial charge in [0, 0.05) is 32.9 Å². The zero-order valence-electron chi connectivity index (χ0n) is 17.7. The maximum atomic E-state index is 11.4. The standard InChI is InChI=1S/C22H29N5O2S/c1-17-26-20-7-4-5-8-21(20)27(17)14-6-13-24-22(23-2)25-15-18-9-11-19(12-10-18)16-30(3,28)29/h4-5,7-12H,6,13-16H2,1-3H3,(H2,23,24,25). The molecule has 1 heterocycles. The number of nitrogens with zero attached hydrogens (tertiary/aromatic N) is 3. The Labute approximate surface area is 178 Å². The number of hydrogen-bond acceptors (Lipinski definition) is 4. The summed E-state index contributed by atoms with van der Waals surface area (Å²) in [6, 6.07) is 15.8. The van der Waals surface area contributed by atoms with Gasteiger partial charge in [0.2, 0.25) is 0 Å². The first kappa shape index (κ1) is 21.8. The Hall–Kier alpha value is -2.87. The maximum Gasteiger partial charge on any atom is 0.191 e. The van der Waals surface area contributed by atoms with Crippen molar-refractivity contribution in [3.63, 3.8) is 0 Å². The number of para-hydroxylation sites is 2.